The van der Waals surface area contributed by atoms with Gasteiger partial charge in [-0.3, -0.25) is 0 Å². The van der Waals surface area contributed by atoms with Crippen LogP contribution in [0, 0.1) is 0 Å². The first-order valence-corrected chi connectivity index (χ1v) is 8.57. The lowest BCUT2D eigenvalue weighted by Gasteiger charge is -2.22. The van der Waals surface area contributed by atoms with Gasteiger partial charge in [-0.2, -0.15) is 0 Å². The van der Waals surface area contributed by atoms with E-state index in [9.17, 15) is 0 Å². The molecule has 1 aliphatic rings. The van der Waals surface area contributed by atoms with Crippen LogP contribution >= 0.6 is 0 Å². The molecular weight excluding hydrogens is 288 g/mol. The lowest BCUT2D eigenvalue weighted by atomic mass is 9.82. The normalized spacial score (nSPS) is 16.4. The highest BCUT2D eigenvalue weighted by molar-refractivity contribution is 6.09. The van der Waals surface area contributed by atoms with Gasteiger partial charge in [0.25, 0.3) is 0 Å². The maximum Gasteiger partial charge on any atom is 0.00683 e. The summed E-state index contributed by atoms with van der Waals surface area (Å²) in [4.78, 5) is 0. The van der Waals surface area contributed by atoms with E-state index in [-0.39, 0.29) is 0 Å². The van der Waals surface area contributed by atoms with Crippen LogP contribution in [0.4, 0.5) is 0 Å². The summed E-state index contributed by atoms with van der Waals surface area (Å²) in [5.41, 5.74) is 4.25. The van der Waals surface area contributed by atoms with Crippen LogP contribution in [0.3, 0.4) is 0 Å². The molecule has 0 aromatic heterocycles. The third-order valence-corrected chi connectivity index (χ3v) is 5.20. The van der Waals surface area contributed by atoms with Gasteiger partial charge in [-0.1, -0.05) is 84.9 Å². The molecule has 0 saturated heterocycles. The molecule has 0 fully saturated rings. The average molecular weight is 306 g/mol. The van der Waals surface area contributed by atoms with Crippen LogP contribution in [-0.4, -0.2) is 0 Å². The summed E-state index contributed by atoms with van der Waals surface area (Å²) >= 11 is 0. The van der Waals surface area contributed by atoms with E-state index in [1.165, 1.54) is 38.2 Å². The van der Waals surface area contributed by atoms with Crippen molar-refractivity contribution in [2.45, 2.75) is 12.3 Å². The van der Waals surface area contributed by atoms with Crippen molar-refractivity contribution < 1.29 is 0 Å². The van der Waals surface area contributed by atoms with Crippen molar-refractivity contribution in [3.8, 4) is 0 Å². The molecule has 0 heterocycles. The summed E-state index contributed by atoms with van der Waals surface area (Å²) in [5.74, 6) is 0.439. The number of benzene rings is 4. The molecule has 0 spiro atoms. The molecule has 0 bridgehead atoms. The van der Waals surface area contributed by atoms with Crippen molar-refractivity contribution in [3.63, 3.8) is 0 Å². The number of allylic oxidation sites excluding steroid dienone is 1. The van der Waals surface area contributed by atoms with E-state index in [1.54, 1.807) is 0 Å². The molecule has 0 aliphatic heterocycles. The van der Waals surface area contributed by atoms with Gasteiger partial charge >= 0.3 is 0 Å². The number of hydrogen-bond donors (Lipinski definition) is 0. The first-order chi connectivity index (χ1) is 11.9. The van der Waals surface area contributed by atoms with Crippen LogP contribution in [-0.2, 0) is 6.42 Å². The summed E-state index contributed by atoms with van der Waals surface area (Å²) in [6, 6.07) is 28.7. The molecule has 4 aromatic rings. The molecule has 0 N–H and O–H groups in total. The van der Waals surface area contributed by atoms with Gasteiger partial charge in [-0.15, -0.1) is 0 Å². The summed E-state index contributed by atoms with van der Waals surface area (Å²) in [5, 5.41) is 5.42. The topological polar surface area (TPSA) is 0 Å². The number of hydrogen-bond acceptors (Lipinski definition) is 0. The Hall–Kier alpha value is -2.86. The Kier molecular flexibility index (Phi) is 3.02. The molecule has 1 aliphatic carbocycles. The van der Waals surface area contributed by atoms with Crippen molar-refractivity contribution in [2.75, 3.05) is 0 Å². The van der Waals surface area contributed by atoms with Crippen molar-refractivity contribution in [3.05, 3.63) is 102 Å². The first kappa shape index (κ1) is 13.6. The first-order valence-electron chi connectivity index (χ1n) is 8.57. The molecule has 0 nitrogen and oxygen atoms in total. The molecule has 1 unspecified atom stereocenters. The van der Waals surface area contributed by atoms with E-state index in [2.05, 4.69) is 91.0 Å². The van der Waals surface area contributed by atoms with Crippen LogP contribution in [0.25, 0.3) is 27.6 Å². The van der Waals surface area contributed by atoms with Gasteiger partial charge in [0, 0.05) is 5.92 Å². The highest BCUT2D eigenvalue weighted by Gasteiger charge is 2.18. The zero-order valence-electron chi connectivity index (χ0n) is 13.4. The minimum atomic E-state index is 0.439. The second-order valence-corrected chi connectivity index (χ2v) is 6.60. The van der Waals surface area contributed by atoms with E-state index in [0.29, 0.717) is 5.92 Å². The molecule has 1 atom stereocenters. The Morgan fingerprint density at radius 1 is 0.667 bits per heavy atom. The zero-order valence-corrected chi connectivity index (χ0v) is 13.4. The Bertz CT molecular complexity index is 1090. The monoisotopic (exact) mass is 306 g/mol. The molecule has 4 aromatic carbocycles. The van der Waals surface area contributed by atoms with E-state index in [4.69, 9.17) is 0 Å². The maximum atomic E-state index is 2.39. The number of rotatable bonds is 1. The fraction of sp³-hybridized carbons (Fsp3) is 0.0833. The molecule has 0 saturated carbocycles. The predicted octanol–water partition coefficient (Wildman–Crippen LogP) is 6.35. The lowest BCUT2D eigenvalue weighted by molar-refractivity contribution is 0.835. The van der Waals surface area contributed by atoms with Crippen LogP contribution in [0.1, 0.15) is 22.6 Å². The lowest BCUT2D eigenvalue weighted by Crippen LogP contribution is -2.06. The van der Waals surface area contributed by atoms with Crippen LogP contribution in [0.5, 0.6) is 0 Å². The average Bonchev–Trinajstić information content (AvgIpc) is 2.67. The van der Waals surface area contributed by atoms with Gasteiger partial charge < -0.3 is 0 Å². The molecule has 5 rings (SSSR count). The van der Waals surface area contributed by atoms with E-state index in [0.717, 1.165) is 6.42 Å². The summed E-state index contributed by atoms with van der Waals surface area (Å²) in [6.45, 7) is 0. The molecule has 0 heteroatoms. The predicted molar refractivity (Wildman–Crippen MR) is 103 cm³/mol. The number of fused-ring (bicyclic) bond motifs is 4. The quantitative estimate of drug-likeness (QED) is 0.360. The highest BCUT2D eigenvalue weighted by atomic mass is 14.2. The van der Waals surface area contributed by atoms with Crippen LogP contribution in [0.15, 0.2) is 84.9 Å². The minimum absolute atomic E-state index is 0.439. The van der Waals surface area contributed by atoms with Gasteiger partial charge in [0.15, 0.2) is 0 Å². The van der Waals surface area contributed by atoms with Crippen molar-refractivity contribution in [1.82, 2.24) is 0 Å². The summed E-state index contributed by atoms with van der Waals surface area (Å²) < 4.78 is 0. The van der Waals surface area contributed by atoms with Crippen molar-refractivity contribution in [1.29, 1.82) is 0 Å². The SMILES string of the molecule is C1=CC(c2cc3ccccc3c3ccccc23)Cc2ccccc21. The molecule has 24 heavy (non-hydrogen) atoms. The van der Waals surface area contributed by atoms with E-state index < -0.39 is 0 Å². The second kappa shape index (κ2) is 5.35. The summed E-state index contributed by atoms with van der Waals surface area (Å²) in [7, 11) is 0. The molecule has 0 radical (unpaired) electrons. The second-order valence-electron chi connectivity index (χ2n) is 6.60. The Morgan fingerprint density at radius 3 is 2.29 bits per heavy atom. The minimum Gasteiger partial charge on any atom is -0.0760 e. The molecular formula is C24H18. The highest BCUT2D eigenvalue weighted by Crippen LogP contribution is 2.37. The smallest absolute Gasteiger partial charge is 0.00683 e. The van der Waals surface area contributed by atoms with Gasteiger partial charge in [0.1, 0.15) is 0 Å². The third kappa shape index (κ3) is 2.07. The zero-order chi connectivity index (χ0) is 15.9. The fourth-order valence-electron chi connectivity index (χ4n) is 4.01. The van der Waals surface area contributed by atoms with Crippen LogP contribution in [0.2, 0.25) is 0 Å². The summed E-state index contributed by atoms with van der Waals surface area (Å²) in [6.07, 6.45) is 5.74. The fourth-order valence-corrected chi connectivity index (χ4v) is 4.01. The maximum absolute atomic E-state index is 2.39. The molecule has 0 amide bonds. The Balaban J connectivity index is 1.75. The van der Waals surface area contributed by atoms with E-state index in [1.807, 2.05) is 0 Å². The third-order valence-electron chi connectivity index (χ3n) is 5.20. The standard InChI is InChI=1S/C24H18/c1-2-8-18-15-20(14-13-17(18)7-1)24-16-19-9-3-4-10-21(19)22-11-5-6-12-23(22)24/h1-14,16,20H,15H2. The van der Waals surface area contributed by atoms with Gasteiger partial charge in [0.2, 0.25) is 0 Å². The largest absolute Gasteiger partial charge is 0.0760 e. The van der Waals surface area contributed by atoms with Crippen LogP contribution < -0.4 is 0 Å². The van der Waals surface area contributed by atoms with E-state index >= 15 is 0 Å². The van der Waals surface area contributed by atoms with Gasteiger partial charge in [-0.25, -0.2) is 0 Å². The van der Waals surface area contributed by atoms with Gasteiger partial charge in [-0.05, 0) is 50.7 Å². The Morgan fingerprint density at radius 2 is 1.38 bits per heavy atom. The van der Waals surface area contributed by atoms with Crippen molar-refractivity contribution >= 4 is 27.6 Å². The molecule has 114 valence electrons. The van der Waals surface area contributed by atoms with Crippen molar-refractivity contribution in [2.24, 2.45) is 0 Å². The Labute approximate surface area is 142 Å². The van der Waals surface area contributed by atoms with Gasteiger partial charge in [0.05, 0.1) is 0 Å².